The van der Waals surface area contributed by atoms with Crippen molar-refractivity contribution < 1.29 is 19.1 Å². The van der Waals surface area contributed by atoms with Gasteiger partial charge in [-0.25, -0.2) is 4.79 Å². The third-order valence-corrected chi connectivity index (χ3v) is 4.84. The van der Waals surface area contributed by atoms with Crippen LogP contribution in [0.4, 0.5) is 0 Å². The van der Waals surface area contributed by atoms with Gasteiger partial charge in [0.1, 0.15) is 6.04 Å². The third-order valence-electron chi connectivity index (χ3n) is 4.84. The number of pyridine rings is 1. The third kappa shape index (κ3) is 2.42. The van der Waals surface area contributed by atoms with Crippen molar-refractivity contribution in [2.75, 3.05) is 7.11 Å². The lowest BCUT2D eigenvalue weighted by molar-refractivity contribution is -0.608. The Morgan fingerprint density at radius 2 is 2.09 bits per heavy atom. The lowest BCUT2D eigenvalue weighted by atomic mass is 9.84. The number of carbonyl (C=O) groups excluding carboxylic acids is 2. The van der Waals surface area contributed by atoms with E-state index in [2.05, 4.69) is 0 Å². The Bertz CT molecular complexity index is 589. The molecule has 2 aliphatic rings. The maximum atomic E-state index is 12.9. The van der Waals surface area contributed by atoms with E-state index in [0.29, 0.717) is 17.1 Å². The number of methoxy groups -OCH3 is 1. The summed E-state index contributed by atoms with van der Waals surface area (Å²) in [6.45, 7) is 0. The molecule has 1 aliphatic heterocycles. The zero-order valence-corrected chi connectivity index (χ0v) is 12.6. The average molecular weight is 304 g/mol. The van der Waals surface area contributed by atoms with E-state index in [1.54, 1.807) is 17.0 Å². The van der Waals surface area contributed by atoms with E-state index in [1.165, 1.54) is 19.4 Å². The van der Waals surface area contributed by atoms with Crippen molar-refractivity contribution in [3.05, 3.63) is 35.3 Å². The van der Waals surface area contributed by atoms with Gasteiger partial charge in [0.05, 0.1) is 7.11 Å². The number of aromatic nitrogens is 1. The Morgan fingerprint density at radius 1 is 1.32 bits per heavy atom. The minimum absolute atomic E-state index is 0.0329. The molecule has 1 saturated heterocycles. The van der Waals surface area contributed by atoms with Crippen LogP contribution >= 0.6 is 0 Å². The first kappa shape index (κ1) is 14.8. The number of amides is 1. The van der Waals surface area contributed by atoms with Crippen LogP contribution in [0.15, 0.2) is 24.4 Å². The lowest BCUT2D eigenvalue weighted by Crippen LogP contribution is -2.50. The lowest BCUT2D eigenvalue weighted by Gasteiger charge is -2.32. The molecule has 0 bridgehead atoms. The summed E-state index contributed by atoms with van der Waals surface area (Å²) < 4.78 is 5.43. The van der Waals surface area contributed by atoms with Crippen molar-refractivity contribution in [1.29, 1.82) is 0 Å². The minimum atomic E-state index is -0.578. The van der Waals surface area contributed by atoms with Gasteiger partial charge in [-0.3, -0.25) is 4.79 Å². The molecule has 2 fully saturated rings. The van der Waals surface area contributed by atoms with E-state index in [9.17, 15) is 14.8 Å². The molecule has 0 radical (unpaired) electrons. The summed E-state index contributed by atoms with van der Waals surface area (Å²) in [7, 11) is 1.34. The zero-order valence-electron chi connectivity index (χ0n) is 12.6. The van der Waals surface area contributed by atoms with E-state index < -0.39 is 12.0 Å². The largest absolute Gasteiger partial charge is 0.618 e. The van der Waals surface area contributed by atoms with E-state index in [-0.39, 0.29) is 17.6 Å². The SMILES string of the molecule is COC(=O)[C@@H]1C[C@H]2CCCC[C@@H]2N1C(=O)c1cccc[n+]1[O-]. The van der Waals surface area contributed by atoms with Gasteiger partial charge in [-0.05, 0) is 31.2 Å². The van der Waals surface area contributed by atoms with Gasteiger partial charge in [0, 0.05) is 18.2 Å². The fourth-order valence-corrected chi connectivity index (χ4v) is 3.82. The Morgan fingerprint density at radius 3 is 2.82 bits per heavy atom. The molecule has 6 nitrogen and oxygen atoms in total. The van der Waals surface area contributed by atoms with Gasteiger partial charge < -0.3 is 14.8 Å². The van der Waals surface area contributed by atoms with Crippen LogP contribution in [-0.4, -0.2) is 36.0 Å². The highest BCUT2D eigenvalue weighted by molar-refractivity contribution is 5.95. The Hall–Kier alpha value is -2.11. The summed E-state index contributed by atoms with van der Waals surface area (Å²) in [6, 6.07) is 4.19. The fraction of sp³-hybridized carbons (Fsp3) is 0.562. The smallest absolute Gasteiger partial charge is 0.328 e. The molecule has 0 aromatic carbocycles. The second kappa shape index (κ2) is 5.94. The summed E-state index contributed by atoms with van der Waals surface area (Å²) in [4.78, 5) is 26.5. The van der Waals surface area contributed by atoms with E-state index in [1.807, 2.05) is 0 Å². The minimum Gasteiger partial charge on any atom is -0.618 e. The van der Waals surface area contributed by atoms with Crippen LogP contribution in [-0.2, 0) is 9.53 Å². The Balaban J connectivity index is 1.95. The van der Waals surface area contributed by atoms with Gasteiger partial charge in [-0.15, -0.1) is 0 Å². The molecule has 2 heterocycles. The molecule has 0 spiro atoms. The Kier molecular flexibility index (Phi) is 4.00. The molecule has 0 N–H and O–H groups in total. The number of esters is 1. The number of ether oxygens (including phenoxy) is 1. The number of carbonyl (C=O) groups is 2. The summed E-state index contributed by atoms with van der Waals surface area (Å²) in [5, 5.41) is 11.9. The maximum Gasteiger partial charge on any atom is 0.328 e. The number of nitrogens with zero attached hydrogens (tertiary/aromatic N) is 2. The van der Waals surface area contributed by atoms with Crippen molar-refractivity contribution >= 4 is 11.9 Å². The molecule has 1 amide bonds. The van der Waals surface area contributed by atoms with Gasteiger partial charge >= 0.3 is 11.9 Å². The number of fused-ring (bicyclic) bond motifs is 1. The molecular weight excluding hydrogens is 284 g/mol. The van der Waals surface area contributed by atoms with Crippen LogP contribution in [0.5, 0.6) is 0 Å². The standard InChI is InChI=1S/C16H20N2O4/c1-22-16(20)14-10-11-6-2-3-7-12(11)18(14)15(19)13-8-4-5-9-17(13)21/h4-5,8-9,11-12,14H,2-3,6-7,10H2,1H3/t11-,12+,14+/m1/s1. The number of likely N-dealkylation sites (tertiary alicyclic amines) is 1. The first-order valence-electron chi connectivity index (χ1n) is 7.72. The maximum absolute atomic E-state index is 12.9. The highest BCUT2D eigenvalue weighted by atomic mass is 16.5. The normalized spacial score (nSPS) is 27.3. The van der Waals surface area contributed by atoms with E-state index in [4.69, 9.17) is 4.74 Å². The zero-order chi connectivity index (χ0) is 15.7. The van der Waals surface area contributed by atoms with Crippen LogP contribution in [0.1, 0.15) is 42.6 Å². The number of rotatable bonds is 2. The van der Waals surface area contributed by atoms with Crippen molar-refractivity contribution in [1.82, 2.24) is 4.90 Å². The molecule has 1 saturated carbocycles. The highest BCUT2D eigenvalue weighted by Crippen LogP contribution is 2.40. The molecule has 1 aliphatic carbocycles. The summed E-state index contributed by atoms with van der Waals surface area (Å²) in [6.07, 6.45) is 6.02. The summed E-state index contributed by atoms with van der Waals surface area (Å²) in [5.74, 6) is -0.442. The average Bonchev–Trinajstić information content (AvgIpc) is 2.93. The summed E-state index contributed by atoms with van der Waals surface area (Å²) >= 11 is 0. The second-order valence-corrected chi connectivity index (χ2v) is 6.01. The van der Waals surface area contributed by atoms with Crippen LogP contribution in [0, 0.1) is 11.1 Å². The molecule has 22 heavy (non-hydrogen) atoms. The second-order valence-electron chi connectivity index (χ2n) is 6.01. The number of hydrogen-bond donors (Lipinski definition) is 0. The molecule has 3 rings (SSSR count). The van der Waals surface area contributed by atoms with Gasteiger partial charge in [-0.1, -0.05) is 12.8 Å². The first-order chi connectivity index (χ1) is 10.6. The molecule has 0 unspecified atom stereocenters. The molecule has 6 heteroatoms. The van der Waals surface area contributed by atoms with Crippen molar-refractivity contribution in [3.63, 3.8) is 0 Å². The Labute approximate surface area is 129 Å². The molecule has 1 aromatic heterocycles. The summed E-state index contributed by atoms with van der Waals surface area (Å²) in [5.41, 5.74) is 0.0580. The quantitative estimate of drug-likeness (QED) is 0.468. The fourth-order valence-electron chi connectivity index (χ4n) is 3.82. The first-order valence-corrected chi connectivity index (χ1v) is 7.72. The molecular formula is C16H20N2O4. The van der Waals surface area contributed by atoms with Gasteiger partial charge in [-0.2, -0.15) is 4.73 Å². The molecule has 3 atom stereocenters. The van der Waals surface area contributed by atoms with Crippen LogP contribution in [0.2, 0.25) is 0 Å². The van der Waals surface area contributed by atoms with Gasteiger partial charge in [0.15, 0.2) is 6.20 Å². The van der Waals surface area contributed by atoms with Gasteiger partial charge in [0.25, 0.3) is 5.69 Å². The highest BCUT2D eigenvalue weighted by Gasteiger charge is 2.49. The predicted octanol–water partition coefficient (Wildman–Crippen LogP) is 1.27. The topological polar surface area (TPSA) is 73.5 Å². The van der Waals surface area contributed by atoms with Crippen LogP contribution in [0.25, 0.3) is 0 Å². The van der Waals surface area contributed by atoms with Gasteiger partial charge in [0.2, 0.25) is 0 Å². The van der Waals surface area contributed by atoms with Crippen molar-refractivity contribution in [3.8, 4) is 0 Å². The van der Waals surface area contributed by atoms with Crippen molar-refractivity contribution in [2.45, 2.75) is 44.2 Å². The van der Waals surface area contributed by atoms with Crippen LogP contribution in [0.3, 0.4) is 0 Å². The van der Waals surface area contributed by atoms with Crippen LogP contribution < -0.4 is 4.73 Å². The monoisotopic (exact) mass is 304 g/mol. The molecule has 1 aromatic rings. The van der Waals surface area contributed by atoms with E-state index in [0.717, 1.165) is 25.7 Å². The predicted molar refractivity (Wildman–Crippen MR) is 77.7 cm³/mol. The molecule has 118 valence electrons. The van der Waals surface area contributed by atoms with Crippen molar-refractivity contribution in [2.24, 2.45) is 5.92 Å². The number of hydrogen-bond acceptors (Lipinski definition) is 4. The van der Waals surface area contributed by atoms with E-state index >= 15 is 0 Å².